The second kappa shape index (κ2) is 7.03. The summed E-state index contributed by atoms with van der Waals surface area (Å²) in [7, 11) is 0. The minimum atomic E-state index is 0.0297. The third-order valence-electron chi connectivity index (χ3n) is 4.80. The van der Waals surface area contributed by atoms with Crippen molar-refractivity contribution in [3.8, 4) is 0 Å². The molecule has 0 bridgehead atoms. The average molecular weight is 371 g/mol. The van der Waals surface area contributed by atoms with Crippen molar-refractivity contribution < 1.29 is 9.32 Å². The van der Waals surface area contributed by atoms with Crippen LogP contribution in [0.25, 0.3) is 10.3 Å². The number of carbonyl (C=O) groups excluding carboxylic acids is 1. The number of piperidine rings is 1. The molecule has 0 aliphatic carbocycles. The fraction of sp³-hybridized carbons (Fsp3) is 0.444. The Morgan fingerprint density at radius 2 is 2.19 bits per heavy atom. The fourth-order valence-electron chi connectivity index (χ4n) is 3.30. The summed E-state index contributed by atoms with van der Waals surface area (Å²) in [6.45, 7) is 5.48. The van der Waals surface area contributed by atoms with Crippen LogP contribution in [-0.2, 0) is 11.2 Å². The molecule has 7 nitrogen and oxygen atoms in total. The molecule has 26 heavy (non-hydrogen) atoms. The Morgan fingerprint density at radius 1 is 1.38 bits per heavy atom. The third kappa shape index (κ3) is 3.41. The zero-order valence-electron chi connectivity index (χ0n) is 14.9. The van der Waals surface area contributed by atoms with Gasteiger partial charge >= 0.3 is 0 Å². The van der Waals surface area contributed by atoms with E-state index in [2.05, 4.69) is 25.3 Å². The summed E-state index contributed by atoms with van der Waals surface area (Å²) in [6, 6.07) is 4.10. The molecular formula is C18H21N5O2S. The summed E-state index contributed by atoms with van der Waals surface area (Å²) in [6.07, 6.45) is 3.95. The Morgan fingerprint density at radius 3 is 2.88 bits per heavy atom. The zero-order chi connectivity index (χ0) is 18.1. The molecule has 0 spiro atoms. The smallest absolute Gasteiger partial charge is 0.224 e. The number of hydrogen-bond donors (Lipinski definition) is 1. The van der Waals surface area contributed by atoms with Crippen LogP contribution in [0, 0.1) is 13.8 Å². The lowest BCUT2D eigenvalue weighted by Crippen LogP contribution is -2.45. The van der Waals surface area contributed by atoms with Gasteiger partial charge in [0.2, 0.25) is 5.91 Å². The van der Waals surface area contributed by atoms with Crippen LogP contribution in [0.4, 0.5) is 5.13 Å². The fourth-order valence-corrected chi connectivity index (χ4v) is 4.26. The van der Waals surface area contributed by atoms with Gasteiger partial charge in [-0.3, -0.25) is 4.79 Å². The van der Waals surface area contributed by atoms with E-state index in [0.29, 0.717) is 6.42 Å². The zero-order valence-corrected chi connectivity index (χ0v) is 15.7. The summed E-state index contributed by atoms with van der Waals surface area (Å²) in [5, 5.41) is 8.06. The van der Waals surface area contributed by atoms with Crippen molar-refractivity contribution in [2.75, 3.05) is 18.0 Å². The van der Waals surface area contributed by atoms with Gasteiger partial charge in [0.15, 0.2) is 5.13 Å². The van der Waals surface area contributed by atoms with E-state index in [1.165, 1.54) is 0 Å². The lowest BCUT2D eigenvalue weighted by molar-refractivity contribution is -0.121. The molecule has 3 aromatic rings. The van der Waals surface area contributed by atoms with Crippen LogP contribution in [0.2, 0.25) is 0 Å². The third-order valence-corrected chi connectivity index (χ3v) is 5.84. The second-order valence-corrected chi connectivity index (χ2v) is 7.59. The molecule has 1 aliphatic heterocycles. The minimum absolute atomic E-state index is 0.0297. The van der Waals surface area contributed by atoms with Crippen molar-refractivity contribution in [3.05, 3.63) is 35.3 Å². The van der Waals surface area contributed by atoms with Crippen LogP contribution < -0.4 is 10.2 Å². The summed E-state index contributed by atoms with van der Waals surface area (Å²) < 4.78 is 5.13. The van der Waals surface area contributed by atoms with E-state index in [4.69, 9.17) is 4.52 Å². The number of hydrogen-bond acceptors (Lipinski definition) is 7. The molecule has 0 unspecified atom stereocenters. The van der Waals surface area contributed by atoms with E-state index in [1.54, 1.807) is 17.5 Å². The Hall–Kier alpha value is -2.48. The average Bonchev–Trinajstić information content (AvgIpc) is 3.21. The lowest BCUT2D eigenvalue weighted by Gasteiger charge is -2.32. The maximum atomic E-state index is 12.3. The molecule has 3 aromatic heterocycles. The molecule has 4 heterocycles. The van der Waals surface area contributed by atoms with Crippen LogP contribution in [0.3, 0.4) is 0 Å². The highest BCUT2D eigenvalue weighted by Gasteiger charge is 2.23. The quantitative estimate of drug-likeness (QED) is 0.759. The van der Waals surface area contributed by atoms with Crippen LogP contribution >= 0.6 is 11.3 Å². The monoisotopic (exact) mass is 371 g/mol. The van der Waals surface area contributed by atoms with Gasteiger partial charge in [-0.15, -0.1) is 0 Å². The molecular weight excluding hydrogens is 350 g/mol. The van der Waals surface area contributed by atoms with E-state index < -0.39 is 0 Å². The standard InChI is InChI=1S/C18H21N5O2S/c1-11-14(12(2)25-22-11)10-16(24)20-13-5-8-23(9-6-13)18-21-15-4-3-7-19-17(15)26-18/h3-4,7,13H,5-6,8-10H2,1-2H3,(H,20,24). The molecule has 1 N–H and O–H groups in total. The molecule has 136 valence electrons. The van der Waals surface area contributed by atoms with Gasteiger partial charge < -0.3 is 14.7 Å². The number of aryl methyl sites for hydroxylation is 2. The Bertz CT molecular complexity index is 874. The van der Waals surface area contributed by atoms with Crippen molar-refractivity contribution in [3.63, 3.8) is 0 Å². The molecule has 1 saturated heterocycles. The molecule has 0 saturated carbocycles. The van der Waals surface area contributed by atoms with Gasteiger partial charge in [0, 0.05) is 30.9 Å². The van der Waals surface area contributed by atoms with Gasteiger partial charge in [-0.1, -0.05) is 16.5 Å². The summed E-state index contributed by atoms with van der Waals surface area (Å²) in [5.41, 5.74) is 2.63. The first-order chi connectivity index (χ1) is 12.6. The van der Waals surface area contributed by atoms with Crippen LogP contribution in [0.15, 0.2) is 22.9 Å². The SMILES string of the molecule is Cc1noc(C)c1CC(=O)NC1CCN(c2nc3cccnc3s2)CC1. The number of nitrogens with zero attached hydrogens (tertiary/aromatic N) is 4. The van der Waals surface area contributed by atoms with Gasteiger partial charge in [0.05, 0.1) is 12.1 Å². The highest BCUT2D eigenvalue weighted by atomic mass is 32.1. The molecule has 0 radical (unpaired) electrons. The number of carbonyl (C=O) groups is 1. The maximum absolute atomic E-state index is 12.3. The van der Waals surface area contributed by atoms with Crippen molar-refractivity contribution in [1.29, 1.82) is 0 Å². The van der Waals surface area contributed by atoms with Gasteiger partial charge in [-0.2, -0.15) is 0 Å². The highest BCUT2D eigenvalue weighted by Crippen LogP contribution is 2.29. The highest BCUT2D eigenvalue weighted by molar-refractivity contribution is 7.21. The molecule has 0 atom stereocenters. The first-order valence-corrected chi connectivity index (χ1v) is 9.59. The van der Waals surface area contributed by atoms with Crippen LogP contribution in [0.1, 0.15) is 29.9 Å². The van der Waals surface area contributed by atoms with E-state index in [0.717, 1.165) is 58.4 Å². The summed E-state index contributed by atoms with van der Waals surface area (Å²) in [5.74, 6) is 0.749. The topological polar surface area (TPSA) is 84.2 Å². The number of nitrogens with one attached hydrogen (secondary N) is 1. The molecule has 4 rings (SSSR count). The van der Waals surface area contributed by atoms with E-state index >= 15 is 0 Å². The van der Waals surface area contributed by atoms with Crippen LogP contribution in [-0.4, -0.2) is 40.2 Å². The Labute approximate surface area is 155 Å². The minimum Gasteiger partial charge on any atom is -0.361 e. The van der Waals surface area contributed by atoms with Crippen molar-refractivity contribution in [2.45, 2.75) is 39.2 Å². The molecule has 0 aromatic carbocycles. The molecule has 1 aliphatic rings. The number of amides is 1. The largest absolute Gasteiger partial charge is 0.361 e. The number of thiazole rings is 1. The molecule has 8 heteroatoms. The summed E-state index contributed by atoms with van der Waals surface area (Å²) >= 11 is 1.62. The van der Waals surface area contributed by atoms with Crippen molar-refractivity contribution in [2.24, 2.45) is 0 Å². The number of anilines is 1. The second-order valence-electron chi connectivity index (χ2n) is 6.63. The predicted octanol–water partition coefficient (Wildman–Crippen LogP) is 2.62. The maximum Gasteiger partial charge on any atom is 0.224 e. The molecule has 1 fully saturated rings. The number of aromatic nitrogens is 3. The van der Waals surface area contributed by atoms with Crippen molar-refractivity contribution in [1.82, 2.24) is 20.4 Å². The van der Waals surface area contributed by atoms with E-state index in [-0.39, 0.29) is 11.9 Å². The van der Waals surface area contributed by atoms with Gasteiger partial charge in [0.25, 0.3) is 0 Å². The van der Waals surface area contributed by atoms with Gasteiger partial charge in [-0.25, -0.2) is 9.97 Å². The summed E-state index contributed by atoms with van der Waals surface area (Å²) in [4.78, 5) is 24.6. The van der Waals surface area contributed by atoms with Gasteiger partial charge in [0.1, 0.15) is 16.1 Å². The predicted molar refractivity (Wildman–Crippen MR) is 100 cm³/mol. The first kappa shape index (κ1) is 17.0. The lowest BCUT2D eigenvalue weighted by atomic mass is 10.0. The number of fused-ring (bicyclic) bond motifs is 1. The van der Waals surface area contributed by atoms with Crippen LogP contribution in [0.5, 0.6) is 0 Å². The van der Waals surface area contributed by atoms with E-state index in [1.807, 2.05) is 26.0 Å². The normalized spacial score (nSPS) is 15.5. The first-order valence-electron chi connectivity index (χ1n) is 8.78. The molecule has 1 amide bonds. The number of rotatable bonds is 4. The van der Waals surface area contributed by atoms with E-state index in [9.17, 15) is 4.79 Å². The Balaban J connectivity index is 1.32. The Kier molecular flexibility index (Phi) is 4.58. The van der Waals surface area contributed by atoms with Gasteiger partial charge in [-0.05, 0) is 38.8 Å². The number of pyridine rings is 1. The van der Waals surface area contributed by atoms with Crippen molar-refractivity contribution >= 4 is 32.7 Å².